The van der Waals surface area contributed by atoms with Gasteiger partial charge in [-0.15, -0.1) is 0 Å². The van der Waals surface area contributed by atoms with Gasteiger partial charge in [-0.3, -0.25) is 0 Å². The Kier molecular flexibility index (Phi) is 4.15. The molecule has 152 valence electrons. The minimum Gasteiger partial charge on any atom is -0.386 e. The van der Waals surface area contributed by atoms with E-state index in [1.165, 1.54) is 12.1 Å². The van der Waals surface area contributed by atoms with Gasteiger partial charge in [0.1, 0.15) is 5.82 Å². The molecule has 1 aliphatic carbocycles. The third kappa shape index (κ3) is 3.20. The summed E-state index contributed by atoms with van der Waals surface area (Å²) in [6.45, 7) is 0. The van der Waals surface area contributed by atoms with Crippen molar-refractivity contribution < 1.29 is 9.50 Å². The van der Waals surface area contributed by atoms with Crippen molar-refractivity contribution >= 4 is 21.7 Å². The average Bonchev–Trinajstić information content (AvgIpc) is 3.57. The van der Waals surface area contributed by atoms with Crippen LogP contribution in [-0.2, 0) is 0 Å². The summed E-state index contributed by atoms with van der Waals surface area (Å²) in [7, 11) is 0. The molecule has 0 bridgehead atoms. The van der Waals surface area contributed by atoms with E-state index < -0.39 is 6.10 Å². The number of hydrogen-bond acceptors (Lipinski definition) is 2. The molecule has 0 aliphatic heterocycles. The number of nitrogens with zero attached hydrogens (tertiary/aromatic N) is 2. The molecule has 0 amide bonds. The number of aliphatic hydroxyl groups is 1. The van der Waals surface area contributed by atoms with E-state index in [2.05, 4.69) is 41.0 Å². The van der Waals surface area contributed by atoms with Gasteiger partial charge < -0.3 is 9.67 Å². The standard InChI is InChI=1S/C27H21FN2O/c28-21-8-10-22(11-9-21)30-14-13-20-15-19(7-12-25(20)30)24-16-18-3-1-2-4-23(18)26(29-24)27(31)17-5-6-17/h1-4,7-17,27,31H,5-6H2. The molecular weight excluding hydrogens is 387 g/mol. The summed E-state index contributed by atoms with van der Waals surface area (Å²) in [6.07, 6.45) is 3.60. The first-order chi connectivity index (χ1) is 15.2. The maximum Gasteiger partial charge on any atom is 0.123 e. The molecular formula is C27H21FN2O. The molecule has 1 saturated carbocycles. The topological polar surface area (TPSA) is 38.1 Å². The molecule has 1 fully saturated rings. The predicted octanol–water partition coefficient (Wildman–Crippen LogP) is 6.43. The van der Waals surface area contributed by atoms with Crippen LogP contribution in [0, 0.1) is 11.7 Å². The van der Waals surface area contributed by atoms with Crippen molar-refractivity contribution in [2.45, 2.75) is 18.9 Å². The molecule has 4 heteroatoms. The molecule has 31 heavy (non-hydrogen) atoms. The molecule has 0 saturated heterocycles. The van der Waals surface area contributed by atoms with Crippen LogP contribution in [0.15, 0.2) is 85.1 Å². The first kappa shape index (κ1) is 18.3. The fourth-order valence-electron chi connectivity index (χ4n) is 4.36. The van der Waals surface area contributed by atoms with E-state index in [0.29, 0.717) is 5.92 Å². The molecule has 5 aromatic rings. The molecule has 1 aliphatic rings. The second-order valence-corrected chi connectivity index (χ2v) is 8.33. The van der Waals surface area contributed by atoms with E-state index in [9.17, 15) is 9.50 Å². The lowest BCUT2D eigenvalue weighted by Crippen LogP contribution is -2.04. The SMILES string of the molecule is OC(c1nc(-c2ccc3c(ccn3-c3ccc(F)cc3)c2)cc2ccccc12)C1CC1. The van der Waals surface area contributed by atoms with Gasteiger partial charge >= 0.3 is 0 Å². The molecule has 1 unspecified atom stereocenters. The molecule has 2 heterocycles. The Balaban J connectivity index is 1.47. The van der Waals surface area contributed by atoms with Crippen LogP contribution in [0.5, 0.6) is 0 Å². The van der Waals surface area contributed by atoms with E-state index >= 15 is 0 Å². The molecule has 3 nitrogen and oxygen atoms in total. The van der Waals surface area contributed by atoms with Crippen LogP contribution in [-0.4, -0.2) is 14.7 Å². The fraction of sp³-hybridized carbons (Fsp3) is 0.148. The number of halogens is 1. The highest BCUT2D eigenvalue weighted by Gasteiger charge is 2.33. The number of hydrogen-bond donors (Lipinski definition) is 1. The summed E-state index contributed by atoms with van der Waals surface area (Å²) >= 11 is 0. The van der Waals surface area contributed by atoms with Crippen LogP contribution in [0.3, 0.4) is 0 Å². The predicted molar refractivity (Wildman–Crippen MR) is 122 cm³/mol. The highest BCUT2D eigenvalue weighted by molar-refractivity contribution is 5.91. The normalized spacial score (nSPS) is 14.9. The third-order valence-corrected chi connectivity index (χ3v) is 6.21. The Labute approximate surface area is 179 Å². The van der Waals surface area contributed by atoms with Crippen LogP contribution in [0.4, 0.5) is 4.39 Å². The minimum atomic E-state index is -0.520. The average molecular weight is 408 g/mol. The second kappa shape index (κ2) is 7.03. The van der Waals surface area contributed by atoms with Crippen LogP contribution in [0.1, 0.15) is 24.6 Å². The molecule has 2 aromatic heterocycles. The maximum atomic E-state index is 13.3. The molecule has 6 rings (SSSR count). The zero-order chi connectivity index (χ0) is 20.9. The van der Waals surface area contributed by atoms with Gasteiger partial charge in [0.05, 0.1) is 23.0 Å². The van der Waals surface area contributed by atoms with Gasteiger partial charge in [0, 0.05) is 28.2 Å². The number of pyridine rings is 1. The summed E-state index contributed by atoms with van der Waals surface area (Å²) in [5.74, 6) is 0.0763. The Morgan fingerprint density at radius 1 is 0.903 bits per heavy atom. The van der Waals surface area contributed by atoms with Gasteiger partial charge in [-0.25, -0.2) is 9.37 Å². The van der Waals surface area contributed by atoms with E-state index in [4.69, 9.17) is 4.98 Å². The zero-order valence-electron chi connectivity index (χ0n) is 16.9. The molecule has 1 atom stereocenters. The largest absolute Gasteiger partial charge is 0.386 e. The van der Waals surface area contributed by atoms with Crippen molar-refractivity contribution in [3.63, 3.8) is 0 Å². The Morgan fingerprint density at radius 2 is 1.71 bits per heavy atom. The van der Waals surface area contributed by atoms with E-state index in [1.54, 1.807) is 12.1 Å². The lowest BCUT2D eigenvalue weighted by molar-refractivity contribution is 0.151. The summed E-state index contributed by atoms with van der Waals surface area (Å²) in [4.78, 5) is 4.92. The third-order valence-electron chi connectivity index (χ3n) is 6.21. The van der Waals surface area contributed by atoms with E-state index in [0.717, 1.165) is 57.2 Å². The van der Waals surface area contributed by atoms with Crippen LogP contribution < -0.4 is 0 Å². The highest BCUT2D eigenvalue weighted by Crippen LogP contribution is 2.42. The Bertz CT molecular complexity index is 1420. The van der Waals surface area contributed by atoms with Gasteiger partial charge in [0.25, 0.3) is 0 Å². The molecule has 0 spiro atoms. The number of benzene rings is 3. The quantitative estimate of drug-likeness (QED) is 0.372. The van der Waals surface area contributed by atoms with Crippen molar-refractivity contribution in [1.29, 1.82) is 0 Å². The second-order valence-electron chi connectivity index (χ2n) is 8.33. The Morgan fingerprint density at radius 3 is 2.52 bits per heavy atom. The lowest BCUT2D eigenvalue weighted by atomic mass is 10.0. The zero-order valence-corrected chi connectivity index (χ0v) is 16.9. The molecule has 3 aromatic carbocycles. The van der Waals surface area contributed by atoms with Crippen molar-refractivity contribution in [1.82, 2.24) is 9.55 Å². The first-order valence-corrected chi connectivity index (χ1v) is 10.6. The van der Waals surface area contributed by atoms with Crippen molar-refractivity contribution in [2.75, 3.05) is 0 Å². The Hall–Kier alpha value is -3.50. The monoisotopic (exact) mass is 408 g/mol. The lowest BCUT2D eigenvalue weighted by Gasteiger charge is -2.14. The number of aliphatic hydroxyl groups excluding tert-OH is 1. The van der Waals surface area contributed by atoms with E-state index in [1.807, 2.05) is 24.4 Å². The van der Waals surface area contributed by atoms with Crippen molar-refractivity contribution in [3.05, 3.63) is 96.6 Å². The van der Waals surface area contributed by atoms with Gasteiger partial charge in [-0.2, -0.15) is 0 Å². The van der Waals surface area contributed by atoms with Gasteiger partial charge in [-0.1, -0.05) is 30.3 Å². The first-order valence-electron chi connectivity index (χ1n) is 10.6. The van der Waals surface area contributed by atoms with Crippen LogP contribution >= 0.6 is 0 Å². The maximum absolute atomic E-state index is 13.3. The van der Waals surface area contributed by atoms with Crippen LogP contribution in [0.25, 0.3) is 38.6 Å². The minimum absolute atomic E-state index is 0.242. The molecule has 0 radical (unpaired) electrons. The summed E-state index contributed by atoms with van der Waals surface area (Å²) < 4.78 is 15.4. The van der Waals surface area contributed by atoms with Gasteiger partial charge in [-0.05, 0) is 72.7 Å². The van der Waals surface area contributed by atoms with Gasteiger partial charge in [0.2, 0.25) is 0 Å². The van der Waals surface area contributed by atoms with Crippen molar-refractivity contribution in [2.24, 2.45) is 5.92 Å². The summed E-state index contributed by atoms with van der Waals surface area (Å²) in [5.41, 5.74) is 4.63. The summed E-state index contributed by atoms with van der Waals surface area (Å²) in [6, 6.07) is 25.0. The van der Waals surface area contributed by atoms with Crippen molar-refractivity contribution in [3.8, 4) is 16.9 Å². The fourth-order valence-corrected chi connectivity index (χ4v) is 4.36. The highest BCUT2D eigenvalue weighted by atomic mass is 19.1. The van der Waals surface area contributed by atoms with Crippen LogP contribution in [0.2, 0.25) is 0 Å². The molecule has 1 N–H and O–H groups in total. The number of aromatic nitrogens is 2. The number of fused-ring (bicyclic) bond motifs is 2. The van der Waals surface area contributed by atoms with Gasteiger partial charge in [0.15, 0.2) is 0 Å². The number of rotatable bonds is 4. The summed E-state index contributed by atoms with van der Waals surface area (Å²) in [5, 5.41) is 14.1. The smallest absolute Gasteiger partial charge is 0.123 e. The van der Waals surface area contributed by atoms with E-state index in [-0.39, 0.29) is 5.82 Å².